The van der Waals surface area contributed by atoms with Gasteiger partial charge in [-0.3, -0.25) is 9.36 Å². The number of para-hydroxylation sites is 1. The molecule has 0 saturated carbocycles. The van der Waals surface area contributed by atoms with Crippen LogP contribution in [0.4, 0.5) is 8.78 Å². The third kappa shape index (κ3) is 4.32. The number of halogens is 3. The van der Waals surface area contributed by atoms with Crippen LogP contribution in [0.3, 0.4) is 0 Å². The van der Waals surface area contributed by atoms with Gasteiger partial charge in [0.1, 0.15) is 17.4 Å². The molecule has 30 heavy (non-hydrogen) atoms. The predicted molar refractivity (Wildman–Crippen MR) is 115 cm³/mol. The summed E-state index contributed by atoms with van der Waals surface area (Å²) in [6, 6.07) is 16.9. The second-order valence-corrected chi connectivity index (χ2v) is 7.80. The predicted octanol–water partition coefficient (Wildman–Crippen LogP) is 5.49. The summed E-state index contributed by atoms with van der Waals surface area (Å²) in [4.78, 5) is 17.6. The summed E-state index contributed by atoms with van der Waals surface area (Å²) in [5.74, 6) is -0.443. The zero-order chi connectivity index (χ0) is 21.1. The van der Waals surface area contributed by atoms with Crippen molar-refractivity contribution in [1.82, 2.24) is 9.55 Å². The van der Waals surface area contributed by atoms with Crippen LogP contribution in [0.2, 0.25) is 5.02 Å². The summed E-state index contributed by atoms with van der Waals surface area (Å²) < 4.78 is 34.7. The third-order valence-electron chi connectivity index (χ3n) is 4.29. The Morgan fingerprint density at radius 2 is 1.80 bits per heavy atom. The van der Waals surface area contributed by atoms with Gasteiger partial charge in [-0.2, -0.15) is 0 Å². The molecule has 0 spiro atoms. The summed E-state index contributed by atoms with van der Waals surface area (Å²) in [5.41, 5.74) is 0.0235. The molecule has 0 unspecified atom stereocenters. The summed E-state index contributed by atoms with van der Waals surface area (Å²) in [6.45, 7) is 0.334. The zero-order valence-corrected chi connectivity index (χ0v) is 17.1. The third-order valence-corrected chi connectivity index (χ3v) is 5.45. The first kappa shape index (κ1) is 20.4. The van der Waals surface area contributed by atoms with Crippen LogP contribution in [-0.2, 0) is 0 Å². The number of thioether (sulfide) groups is 1. The lowest BCUT2D eigenvalue weighted by molar-refractivity contribution is 0.344. The fourth-order valence-electron chi connectivity index (χ4n) is 2.91. The molecular formula is C22H15ClF2N2O2S. The highest BCUT2D eigenvalue weighted by Gasteiger charge is 2.16. The first-order valence-corrected chi connectivity index (χ1v) is 10.4. The lowest BCUT2D eigenvalue weighted by Gasteiger charge is -2.14. The summed E-state index contributed by atoms with van der Waals surface area (Å²) >= 11 is 7.11. The Morgan fingerprint density at radius 1 is 1.03 bits per heavy atom. The number of benzene rings is 3. The number of ether oxygens (including phenoxy) is 1. The van der Waals surface area contributed by atoms with Gasteiger partial charge in [-0.15, -0.1) is 0 Å². The molecule has 0 N–H and O–H groups in total. The molecule has 8 heteroatoms. The van der Waals surface area contributed by atoms with Crippen LogP contribution in [-0.4, -0.2) is 21.9 Å². The van der Waals surface area contributed by atoms with Gasteiger partial charge in [0, 0.05) is 16.8 Å². The van der Waals surface area contributed by atoms with Gasteiger partial charge < -0.3 is 4.74 Å². The number of hydrogen-bond acceptors (Lipinski definition) is 4. The second kappa shape index (κ2) is 8.85. The van der Waals surface area contributed by atoms with E-state index in [1.807, 2.05) is 0 Å². The molecule has 0 aliphatic heterocycles. The topological polar surface area (TPSA) is 44.1 Å². The molecule has 0 saturated heterocycles. The molecule has 4 aromatic rings. The van der Waals surface area contributed by atoms with Crippen molar-refractivity contribution in [2.75, 3.05) is 12.4 Å². The Hall–Kier alpha value is -2.90. The quantitative estimate of drug-likeness (QED) is 0.224. The van der Waals surface area contributed by atoms with E-state index in [0.29, 0.717) is 39.2 Å². The van der Waals surface area contributed by atoms with Crippen molar-refractivity contribution in [3.63, 3.8) is 0 Å². The molecule has 0 aliphatic rings. The van der Waals surface area contributed by atoms with E-state index in [9.17, 15) is 13.6 Å². The fraction of sp³-hybridized carbons (Fsp3) is 0.0909. The van der Waals surface area contributed by atoms with Crippen molar-refractivity contribution >= 4 is 34.3 Å². The molecule has 4 nitrogen and oxygen atoms in total. The van der Waals surface area contributed by atoms with Crippen LogP contribution in [0.1, 0.15) is 0 Å². The molecule has 1 aromatic heterocycles. The molecule has 152 valence electrons. The van der Waals surface area contributed by atoms with Crippen molar-refractivity contribution in [3.05, 3.63) is 93.7 Å². The second-order valence-electron chi connectivity index (χ2n) is 6.30. The highest BCUT2D eigenvalue weighted by atomic mass is 35.5. The van der Waals surface area contributed by atoms with E-state index in [-0.39, 0.29) is 5.69 Å². The average Bonchev–Trinajstić information content (AvgIpc) is 2.74. The van der Waals surface area contributed by atoms with Crippen molar-refractivity contribution < 1.29 is 13.5 Å². The smallest absolute Gasteiger partial charge is 0.266 e. The summed E-state index contributed by atoms with van der Waals surface area (Å²) in [7, 11) is 0. The number of aromatic nitrogens is 2. The van der Waals surface area contributed by atoms with Gasteiger partial charge in [-0.1, -0.05) is 35.5 Å². The summed E-state index contributed by atoms with van der Waals surface area (Å²) in [5, 5.41) is 1.26. The van der Waals surface area contributed by atoms with Crippen molar-refractivity contribution in [2.24, 2.45) is 0 Å². The van der Waals surface area contributed by atoms with E-state index in [2.05, 4.69) is 4.98 Å². The molecule has 0 amide bonds. The standard InChI is InChI=1S/C22H15ClF2N2O2S/c23-14-5-8-16(9-6-14)29-11-12-30-22-26-19-4-2-1-3-17(19)21(28)27(22)20-10-7-15(24)13-18(20)25/h1-10,13H,11-12H2. The van der Waals surface area contributed by atoms with Crippen LogP contribution >= 0.6 is 23.4 Å². The van der Waals surface area contributed by atoms with Crippen LogP contribution in [0.5, 0.6) is 5.75 Å². The maximum absolute atomic E-state index is 14.5. The normalized spacial score (nSPS) is 11.0. The van der Waals surface area contributed by atoms with Gasteiger partial charge in [-0.25, -0.2) is 13.8 Å². The van der Waals surface area contributed by atoms with Gasteiger partial charge in [0.05, 0.1) is 23.2 Å². The minimum atomic E-state index is -0.839. The van der Waals surface area contributed by atoms with Crippen molar-refractivity contribution in [3.8, 4) is 11.4 Å². The van der Waals surface area contributed by atoms with E-state index in [4.69, 9.17) is 16.3 Å². The fourth-order valence-corrected chi connectivity index (χ4v) is 3.86. The number of rotatable bonds is 6. The lowest BCUT2D eigenvalue weighted by Crippen LogP contribution is -2.23. The average molecular weight is 445 g/mol. The Labute approximate surface area is 180 Å². The van der Waals surface area contributed by atoms with Crippen molar-refractivity contribution in [2.45, 2.75) is 5.16 Å². The van der Waals surface area contributed by atoms with Gasteiger partial charge in [0.15, 0.2) is 5.16 Å². The number of nitrogens with zero attached hydrogens (tertiary/aromatic N) is 2. The number of fused-ring (bicyclic) bond motifs is 1. The van der Waals surface area contributed by atoms with Crippen molar-refractivity contribution in [1.29, 1.82) is 0 Å². The maximum atomic E-state index is 14.5. The lowest BCUT2D eigenvalue weighted by atomic mass is 10.2. The SMILES string of the molecule is O=c1c2ccccc2nc(SCCOc2ccc(Cl)cc2)n1-c1ccc(F)cc1F. The summed E-state index contributed by atoms with van der Waals surface area (Å²) in [6.07, 6.45) is 0. The van der Waals surface area contributed by atoms with Crippen LogP contribution in [0.15, 0.2) is 76.7 Å². The Balaban J connectivity index is 1.65. The monoisotopic (exact) mass is 444 g/mol. The molecule has 0 radical (unpaired) electrons. The molecule has 3 aromatic carbocycles. The number of hydrogen-bond donors (Lipinski definition) is 0. The van der Waals surface area contributed by atoms with E-state index in [1.165, 1.54) is 22.4 Å². The molecule has 0 bridgehead atoms. The van der Waals surface area contributed by atoms with Crippen LogP contribution in [0.25, 0.3) is 16.6 Å². The highest BCUT2D eigenvalue weighted by Crippen LogP contribution is 2.24. The Bertz CT molecular complexity index is 1260. The molecule has 0 aliphatic carbocycles. The minimum Gasteiger partial charge on any atom is -0.493 e. The minimum absolute atomic E-state index is 0.0548. The first-order chi connectivity index (χ1) is 14.5. The van der Waals surface area contributed by atoms with Gasteiger partial charge in [0.2, 0.25) is 0 Å². The zero-order valence-electron chi connectivity index (χ0n) is 15.5. The molecular weight excluding hydrogens is 430 g/mol. The van der Waals surface area contributed by atoms with Gasteiger partial charge in [-0.05, 0) is 48.5 Å². The maximum Gasteiger partial charge on any atom is 0.266 e. The van der Waals surface area contributed by atoms with E-state index < -0.39 is 17.2 Å². The van der Waals surface area contributed by atoms with Crippen LogP contribution < -0.4 is 10.3 Å². The van der Waals surface area contributed by atoms with E-state index in [0.717, 1.165) is 12.1 Å². The molecule has 0 fully saturated rings. The first-order valence-electron chi connectivity index (χ1n) is 9.01. The molecule has 1 heterocycles. The van der Waals surface area contributed by atoms with E-state index >= 15 is 0 Å². The Morgan fingerprint density at radius 3 is 2.57 bits per heavy atom. The molecule has 4 rings (SSSR count). The molecule has 0 atom stereocenters. The van der Waals surface area contributed by atoms with Gasteiger partial charge >= 0.3 is 0 Å². The van der Waals surface area contributed by atoms with Gasteiger partial charge in [0.25, 0.3) is 5.56 Å². The van der Waals surface area contributed by atoms with Crippen LogP contribution in [0, 0.1) is 11.6 Å². The Kier molecular flexibility index (Phi) is 6.01. The van der Waals surface area contributed by atoms with E-state index in [1.54, 1.807) is 48.5 Å². The largest absolute Gasteiger partial charge is 0.493 e. The highest BCUT2D eigenvalue weighted by molar-refractivity contribution is 7.99.